The lowest BCUT2D eigenvalue weighted by atomic mass is 9.97. The number of benzene rings is 1. The van der Waals surface area contributed by atoms with E-state index in [1.54, 1.807) is 0 Å². The molecule has 110 valence electrons. The molecule has 1 aromatic rings. The fourth-order valence-electron chi connectivity index (χ4n) is 3.26. The molecule has 20 heavy (non-hydrogen) atoms. The zero-order chi connectivity index (χ0) is 14.3. The van der Waals surface area contributed by atoms with E-state index in [0.717, 1.165) is 29.9 Å². The van der Waals surface area contributed by atoms with Crippen molar-refractivity contribution in [3.05, 3.63) is 23.3 Å². The van der Waals surface area contributed by atoms with Crippen LogP contribution in [0.1, 0.15) is 37.3 Å². The van der Waals surface area contributed by atoms with Crippen molar-refractivity contribution in [2.75, 3.05) is 19.8 Å². The first-order chi connectivity index (χ1) is 9.63. The molecule has 3 unspecified atom stereocenters. The number of hydrogen-bond donors (Lipinski definition) is 2. The van der Waals surface area contributed by atoms with Gasteiger partial charge in [-0.25, -0.2) is 0 Å². The molecule has 0 saturated heterocycles. The average molecular weight is 277 g/mol. The monoisotopic (exact) mass is 277 g/mol. The molecule has 3 atom stereocenters. The molecular weight excluding hydrogens is 254 g/mol. The summed E-state index contributed by atoms with van der Waals surface area (Å²) in [5.74, 6) is 2.17. The highest BCUT2D eigenvalue weighted by molar-refractivity contribution is 5.52. The smallest absolute Gasteiger partial charge is 0.123 e. The molecule has 4 nitrogen and oxygen atoms in total. The van der Waals surface area contributed by atoms with Gasteiger partial charge in [0, 0.05) is 29.5 Å². The van der Waals surface area contributed by atoms with Crippen molar-refractivity contribution < 1.29 is 14.6 Å². The van der Waals surface area contributed by atoms with Crippen LogP contribution in [0.2, 0.25) is 0 Å². The molecule has 1 aliphatic heterocycles. The van der Waals surface area contributed by atoms with Crippen LogP contribution in [0.3, 0.4) is 0 Å². The van der Waals surface area contributed by atoms with Gasteiger partial charge < -0.3 is 20.3 Å². The molecule has 1 heterocycles. The van der Waals surface area contributed by atoms with E-state index in [1.807, 2.05) is 6.92 Å². The normalized spacial score (nSPS) is 30.8. The summed E-state index contributed by atoms with van der Waals surface area (Å²) in [5.41, 5.74) is 8.03. The summed E-state index contributed by atoms with van der Waals surface area (Å²) in [6.45, 7) is 5.35. The third kappa shape index (κ3) is 2.07. The van der Waals surface area contributed by atoms with E-state index in [4.69, 9.17) is 15.2 Å². The van der Waals surface area contributed by atoms with Crippen molar-refractivity contribution in [1.82, 2.24) is 0 Å². The van der Waals surface area contributed by atoms with Gasteiger partial charge in [0.25, 0.3) is 0 Å². The highest BCUT2D eigenvalue weighted by Gasteiger charge is 2.54. The Bertz CT molecular complexity index is 511. The van der Waals surface area contributed by atoms with Gasteiger partial charge in [-0.3, -0.25) is 0 Å². The van der Waals surface area contributed by atoms with Gasteiger partial charge in [-0.1, -0.05) is 0 Å². The third-order valence-electron chi connectivity index (χ3n) is 4.61. The molecule has 3 rings (SSSR count). The van der Waals surface area contributed by atoms with Gasteiger partial charge in [-0.15, -0.1) is 0 Å². The molecule has 0 bridgehead atoms. The second-order valence-corrected chi connectivity index (χ2v) is 6.04. The summed E-state index contributed by atoms with van der Waals surface area (Å²) in [5, 5.41) is 9.59. The van der Waals surface area contributed by atoms with Crippen LogP contribution < -0.4 is 15.2 Å². The van der Waals surface area contributed by atoms with Crippen molar-refractivity contribution in [3.63, 3.8) is 0 Å². The molecule has 0 spiro atoms. The summed E-state index contributed by atoms with van der Waals surface area (Å²) in [4.78, 5) is 0. The van der Waals surface area contributed by atoms with E-state index in [0.29, 0.717) is 13.2 Å². The zero-order valence-electron chi connectivity index (χ0n) is 12.2. The number of ether oxygens (including phenoxy) is 2. The Labute approximate surface area is 119 Å². The fraction of sp³-hybridized carbons (Fsp3) is 0.625. The molecule has 0 radical (unpaired) electrons. The molecule has 4 heteroatoms. The lowest BCUT2D eigenvalue weighted by Gasteiger charge is -2.16. The molecule has 0 aromatic heterocycles. The number of aliphatic hydroxyl groups is 1. The maximum absolute atomic E-state index is 9.59. The van der Waals surface area contributed by atoms with Gasteiger partial charge in [0.2, 0.25) is 0 Å². The minimum absolute atomic E-state index is 0.133. The van der Waals surface area contributed by atoms with Crippen LogP contribution in [0.5, 0.6) is 11.5 Å². The Hall–Kier alpha value is -1.26. The second-order valence-electron chi connectivity index (χ2n) is 6.04. The molecular formula is C16H23NO3. The number of aliphatic hydroxyl groups excluding tert-OH is 1. The SMILES string of the molecule is CCOc1cc2c(cc1C1CC1(CN)CO)OC(C)C2. The first kappa shape index (κ1) is 13.7. The van der Waals surface area contributed by atoms with E-state index in [-0.39, 0.29) is 24.0 Å². The second kappa shape index (κ2) is 4.93. The first-order valence-electron chi connectivity index (χ1n) is 7.40. The maximum atomic E-state index is 9.59. The number of nitrogens with two attached hydrogens (primary N) is 1. The van der Waals surface area contributed by atoms with Gasteiger partial charge in [0.15, 0.2) is 0 Å². The van der Waals surface area contributed by atoms with Crippen LogP contribution in [0.25, 0.3) is 0 Å². The van der Waals surface area contributed by atoms with Crippen LogP contribution in [0.4, 0.5) is 0 Å². The largest absolute Gasteiger partial charge is 0.494 e. The van der Waals surface area contributed by atoms with Crippen LogP contribution >= 0.6 is 0 Å². The average Bonchev–Trinajstić information content (AvgIpc) is 3.06. The number of fused-ring (bicyclic) bond motifs is 1. The Morgan fingerprint density at radius 1 is 1.50 bits per heavy atom. The van der Waals surface area contributed by atoms with Crippen molar-refractivity contribution in [2.24, 2.45) is 11.1 Å². The van der Waals surface area contributed by atoms with E-state index < -0.39 is 0 Å². The van der Waals surface area contributed by atoms with Crippen LogP contribution in [-0.2, 0) is 6.42 Å². The minimum Gasteiger partial charge on any atom is -0.494 e. The predicted octanol–water partition coefficient (Wildman–Crippen LogP) is 1.83. The fourth-order valence-corrected chi connectivity index (χ4v) is 3.26. The molecule has 2 aliphatic rings. The molecule has 1 fully saturated rings. The summed E-state index contributed by atoms with van der Waals surface area (Å²) in [7, 11) is 0. The van der Waals surface area contributed by atoms with E-state index in [1.165, 1.54) is 5.56 Å². The maximum Gasteiger partial charge on any atom is 0.123 e. The topological polar surface area (TPSA) is 64.7 Å². The number of rotatable bonds is 5. The summed E-state index contributed by atoms with van der Waals surface area (Å²) < 4.78 is 11.6. The van der Waals surface area contributed by atoms with Gasteiger partial charge in [0.05, 0.1) is 13.2 Å². The molecule has 0 amide bonds. The van der Waals surface area contributed by atoms with Gasteiger partial charge in [-0.2, -0.15) is 0 Å². The van der Waals surface area contributed by atoms with E-state index in [9.17, 15) is 5.11 Å². The van der Waals surface area contributed by atoms with E-state index >= 15 is 0 Å². The zero-order valence-corrected chi connectivity index (χ0v) is 12.2. The Morgan fingerprint density at radius 3 is 2.90 bits per heavy atom. The predicted molar refractivity (Wildman–Crippen MR) is 77.3 cm³/mol. The standard InChI is InChI=1S/C16H23NO3/c1-3-19-15-5-11-4-10(2)20-14(11)6-12(15)13-7-16(13,8-17)9-18/h5-6,10,13,18H,3-4,7-9,17H2,1-2H3. The number of hydrogen-bond acceptors (Lipinski definition) is 4. The van der Waals surface area contributed by atoms with Gasteiger partial charge in [0.1, 0.15) is 17.6 Å². The van der Waals surface area contributed by atoms with Crippen molar-refractivity contribution in [2.45, 2.75) is 38.7 Å². The van der Waals surface area contributed by atoms with Crippen molar-refractivity contribution in [1.29, 1.82) is 0 Å². The molecule has 1 aliphatic carbocycles. The molecule has 1 saturated carbocycles. The quantitative estimate of drug-likeness (QED) is 0.862. The minimum atomic E-state index is -0.162. The lowest BCUT2D eigenvalue weighted by Crippen LogP contribution is -2.21. The highest BCUT2D eigenvalue weighted by Crippen LogP contribution is 2.61. The molecule has 3 N–H and O–H groups in total. The molecule has 1 aromatic carbocycles. The highest BCUT2D eigenvalue weighted by atomic mass is 16.5. The Balaban J connectivity index is 1.96. The summed E-state index contributed by atoms with van der Waals surface area (Å²) in [6.07, 6.45) is 2.09. The summed E-state index contributed by atoms with van der Waals surface area (Å²) >= 11 is 0. The third-order valence-corrected chi connectivity index (χ3v) is 4.61. The van der Waals surface area contributed by atoms with Crippen molar-refractivity contribution in [3.8, 4) is 11.5 Å². The van der Waals surface area contributed by atoms with Crippen molar-refractivity contribution >= 4 is 0 Å². The Kier molecular flexibility index (Phi) is 3.38. The lowest BCUT2D eigenvalue weighted by molar-refractivity contribution is 0.211. The van der Waals surface area contributed by atoms with Crippen LogP contribution in [-0.4, -0.2) is 31.0 Å². The Morgan fingerprint density at radius 2 is 2.30 bits per heavy atom. The van der Waals surface area contributed by atoms with Gasteiger partial charge in [-0.05, 0) is 38.3 Å². The van der Waals surface area contributed by atoms with Crippen LogP contribution in [0.15, 0.2) is 12.1 Å². The van der Waals surface area contributed by atoms with Crippen LogP contribution in [0, 0.1) is 5.41 Å². The first-order valence-corrected chi connectivity index (χ1v) is 7.40. The van der Waals surface area contributed by atoms with Gasteiger partial charge >= 0.3 is 0 Å². The van der Waals surface area contributed by atoms with E-state index in [2.05, 4.69) is 19.1 Å². The summed E-state index contributed by atoms with van der Waals surface area (Å²) in [6, 6.07) is 4.20.